The van der Waals surface area contributed by atoms with E-state index in [1.807, 2.05) is 49.3 Å². The van der Waals surface area contributed by atoms with Crippen molar-refractivity contribution in [3.05, 3.63) is 54.6 Å². The van der Waals surface area contributed by atoms with Gasteiger partial charge < -0.3 is 10.0 Å². The number of hydrogen-bond donors (Lipinski definition) is 1. The van der Waals surface area contributed by atoms with Crippen molar-refractivity contribution in [1.82, 2.24) is 4.90 Å². The molecule has 1 aliphatic rings. The van der Waals surface area contributed by atoms with Gasteiger partial charge in [0, 0.05) is 13.1 Å². The fourth-order valence-electron chi connectivity index (χ4n) is 3.04. The average Bonchev–Trinajstić information content (AvgIpc) is 2.79. The van der Waals surface area contributed by atoms with Crippen LogP contribution in [-0.4, -0.2) is 51.7 Å². The molecule has 0 unspecified atom stereocenters. The van der Waals surface area contributed by atoms with Crippen molar-refractivity contribution in [3.63, 3.8) is 0 Å². The molecule has 134 valence electrons. The summed E-state index contributed by atoms with van der Waals surface area (Å²) in [6, 6.07) is 16.3. The normalized spacial score (nSPS) is 17.0. The molecule has 1 N–H and O–H groups in total. The van der Waals surface area contributed by atoms with E-state index < -0.39 is 16.3 Å². The number of anilines is 3. The zero-order chi connectivity index (χ0) is 18.0. The molecule has 0 bridgehead atoms. The molecule has 0 fully saturated rings. The lowest BCUT2D eigenvalue weighted by Crippen LogP contribution is -2.38. The lowest BCUT2D eigenvalue weighted by molar-refractivity contribution is 0.131. The van der Waals surface area contributed by atoms with Crippen LogP contribution in [0.15, 0.2) is 54.6 Å². The predicted octanol–water partition coefficient (Wildman–Crippen LogP) is 2.20. The van der Waals surface area contributed by atoms with Crippen molar-refractivity contribution in [1.29, 1.82) is 0 Å². The Hall–Kier alpha value is -2.09. The zero-order valence-electron chi connectivity index (χ0n) is 14.4. The number of aliphatic hydroxyl groups is 1. The Balaban J connectivity index is 1.92. The predicted molar refractivity (Wildman–Crippen MR) is 100 cm³/mol. The van der Waals surface area contributed by atoms with Gasteiger partial charge in [0.1, 0.15) is 0 Å². The standard InChI is InChI=1S/C18H23N3O3S/c1-19(2)14-16(22)12-13-20-17-10-6-7-11-18(17)21(25(20,23)24)15-8-4-3-5-9-15/h3-11,16,22H,12-14H2,1-2H3/t16-/m0/s1. The highest BCUT2D eigenvalue weighted by Gasteiger charge is 2.40. The molecule has 0 spiro atoms. The van der Waals surface area contributed by atoms with Crippen LogP contribution in [0.25, 0.3) is 0 Å². The molecule has 0 aromatic heterocycles. The first-order valence-electron chi connectivity index (χ1n) is 8.21. The third kappa shape index (κ3) is 3.49. The maximum Gasteiger partial charge on any atom is 0.330 e. The van der Waals surface area contributed by atoms with Crippen molar-refractivity contribution < 1.29 is 13.5 Å². The first kappa shape index (κ1) is 17.7. The summed E-state index contributed by atoms with van der Waals surface area (Å²) in [4.78, 5) is 1.88. The molecule has 1 aliphatic heterocycles. The number of rotatable bonds is 6. The van der Waals surface area contributed by atoms with Gasteiger partial charge in [-0.05, 0) is 44.8 Å². The molecule has 0 saturated heterocycles. The van der Waals surface area contributed by atoms with Crippen LogP contribution >= 0.6 is 0 Å². The molecule has 3 rings (SSSR count). The monoisotopic (exact) mass is 361 g/mol. The van der Waals surface area contributed by atoms with Gasteiger partial charge in [-0.15, -0.1) is 0 Å². The second-order valence-electron chi connectivity index (χ2n) is 6.37. The van der Waals surface area contributed by atoms with Gasteiger partial charge in [0.2, 0.25) is 0 Å². The summed E-state index contributed by atoms with van der Waals surface area (Å²) in [6.07, 6.45) is -0.211. The third-order valence-corrected chi connectivity index (χ3v) is 5.92. The largest absolute Gasteiger partial charge is 0.392 e. The van der Waals surface area contributed by atoms with Gasteiger partial charge in [0.15, 0.2) is 0 Å². The molecular formula is C18H23N3O3S. The molecule has 0 amide bonds. The van der Waals surface area contributed by atoms with Crippen molar-refractivity contribution in [2.45, 2.75) is 12.5 Å². The van der Waals surface area contributed by atoms with E-state index in [2.05, 4.69) is 0 Å². The van der Waals surface area contributed by atoms with Crippen LogP contribution in [0.4, 0.5) is 17.1 Å². The molecule has 2 aromatic rings. The minimum Gasteiger partial charge on any atom is -0.392 e. The molecule has 6 nitrogen and oxygen atoms in total. The Morgan fingerprint density at radius 2 is 1.60 bits per heavy atom. The molecule has 0 radical (unpaired) electrons. The lowest BCUT2D eigenvalue weighted by atomic mass is 10.2. The van der Waals surface area contributed by atoms with E-state index in [1.54, 1.807) is 24.3 Å². The fraction of sp³-hybridized carbons (Fsp3) is 0.333. The highest BCUT2D eigenvalue weighted by molar-refractivity contribution is 7.95. The SMILES string of the molecule is CN(C)C[C@@H](O)CCN1c2ccccc2N(c2ccccc2)S1(=O)=O. The van der Waals surface area contributed by atoms with Crippen LogP contribution in [0.2, 0.25) is 0 Å². The van der Waals surface area contributed by atoms with Crippen LogP contribution in [0, 0.1) is 0 Å². The number of para-hydroxylation sites is 3. The summed E-state index contributed by atoms with van der Waals surface area (Å²) in [5, 5.41) is 10.1. The Bertz CT molecular complexity index is 824. The topological polar surface area (TPSA) is 64.1 Å². The van der Waals surface area contributed by atoms with E-state index in [9.17, 15) is 13.5 Å². The number of fused-ring (bicyclic) bond motifs is 1. The number of aliphatic hydroxyl groups excluding tert-OH is 1. The van der Waals surface area contributed by atoms with E-state index in [1.165, 1.54) is 8.61 Å². The van der Waals surface area contributed by atoms with E-state index in [0.29, 0.717) is 30.0 Å². The molecular weight excluding hydrogens is 338 g/mol. The highest BCUT2D eigenvalue weighted by atomic mass is 32.2. The van der Waals surface area contributed by atoms with Gasteiger partial charge in [-0.1, -0.05) is 30.3 Å². The minimum absolute atomic E-state index is 0.234. The Morgan fingerprint density at radius 3 is 2.24 bits per heavy atom. The summed E-state index contributed by atoms with van der Waals surface area (Å²) in [7, 11) is 0.0322. The fourth-order valence-corrected chi connectivity index (χ4v) is 4.77. The molecule has 25 heavy (non-hydrogen) atoms. The molecule has 2 aromatic carbocycles. The van der Waals surface area contributed by atoms with E-state index >= 15 is 0 Å². The second-order valence-corrected chi connectivity index (χ2v) is 8.07. The number of hydrogen-bond acceptors (Lipinski definition) is 4. The summed E-state index contributed by atoms with van der Waals surface area (Å²) in [5.41, 5.74) is 1.88. The van der Waals surface area contributed by atoms with Crippen molar-refractivity contribution in [3.8, 4) is 0 Å². The van der Waals surface area contributed by atoms with Gasteiger partial charge in [-0.2, -0.15) is 8.42 Å². The number of benzene rings is 2. The minimum atomic E-state index is -3.72. The van der Waals surface area contributed by atoms with Gasteiger partial charge in [0.05, 0.1) is 23.2 Å². The van der Waals surface area contributed by atoms with Crippen LogP contribution < -0.4 is 8.61 Å². The maximum absolute atomic E-state index is 13.1. The third-order valence-electron chi connectivity index (χ3n) is 4.11. The van der Waals surface area contributed by atoms with E-state index in [-0.39, 0.29) is 6.54 Å². The van der Waals surface area contributed by atoms with Crippen LogP contribution in [-0.2, 0) is 10.2 Å². The maximum atomic E-state index is 13.1. The van der Waals surface area contributed by atoms with Gasteiger partial charge >= 0.3 is 10.2 Å². The van der Waals surface area contributed by atoms with Crippen LogP contribution in [0.1, 0.15) is 6.42 Å². The average molecular weight is 361 g/mol. The molecule has 7 heteroatoms. The smallest absolute Gasteiger partial charge is 0.330 e. The van der Waals surface area contributed by atoms with E-state index in [0.717, 1.165) is 0 Å². The van der Waals surface area contributed by atoms with Crippen LogP contribution in [0.3, 0.4) is 0 Å². The van der Waals surface area contributed by atoms with Crippen molar-refractivity contribution in [2.24, 2.45) is 0 Å². The van der Waals surface area contributed by atoms with Gasteiger partial charge in [-0.3, -0.25) is 4.31 Å². The Morgan fingerprint density at radius 1 is 1.00 bits per heavy atom. The second kappa shape index (κ2) is 7.03. The quantitative estimate of drug-likeness (QED) is 0.857. The zero-order valence-corrected chi connectivity index (χ0v) is 15.2. The van der Waals surface area contributed by atoms with Crippen molar-refractivity contribution in [2.75, 3.05) is 35.8 Å². The first-order chi connectivity index (χ1) is 11.9. The Labute approximate surface area is 149 Å². The molecule has 0 saturated carbocycles. The lowest BCUT2D eigenvalue weighted by Gasteiger charge is -2.23. The van der Waals surface area contributed by atoms with Crippen LogP contribution in [0.5, 0.6) is 0 Å². The summed E-state index contributed by atoms with van der Waals surface area (Å²) in [5.74, 6) is 0. The number of nitrogens with zero attached hydrogens (tertiary/aromatic N) is 3. The summed E-state index contributed by atoms with van der Waals surface area (Å²) in [6.45, 7) is 0.732. The Kier molecular flexibility index (Phi) is 4.99. The molecule has 1 heterocycles. The summed E-state index contributed by atoms with van der Waals surface area (Å²) >= 11 is 0. The highest BCUT2D eigenvalue weighted by Crippen LogP contribution is 2.45. The van der Waals surface area contributed by atoms with Crippen molar-refractivity contribution >= 4 is 27.3 Å². The molecule has 0 aliphatic carbocycles. The summed E-state index contributed by atoms with van der Waals surface area (Å²) < 4.78 is 29.0. The van der Waals surface area contributed by atoms with E-state index in [4.69, 9.17) is 0 Å². The van der Waals surface area contributed by atoms with Gasteiger partial charge in [-0.25, -0.2) is 4.31 Å². The molecule has 1 atom stereocenters. The number of likely N-dealkylation sites (N-methyl/N-ethyl adjacent to an activating group) is 1. The van der Waals surface area contributed by atoms with Gasteiger partial charge in [0.25, 0.3) is 0 Å². The first-order valence-corrected chi connectivity index (χ1v) is 9.61.